The van der Waals surface area contributed by atoms with Crippen LogP contribution in [0.3, 0.4) is 0 Å². The predicted molar refractivity (Wildman–Crippen MR) is 72.2 cm³/mol. The summed E-state index contributed by atoms with van der Waals surface area (Å²) in [6.07, 6.45) is 0.0570. The van der Waals surface area contributed by atoms with Crippen LogP contribution < -0.4 is 14.2 Å². The molecule has 1 aromatic rings. The van der Waals surface area contributed by atoms with Gasteiger partial charge in [-0.05, 0) is 0 Å². The number of rotatable bonds is 5. The predicted octanol–water partition coefficient (Wildman–Crippen LogP) is 3.57. The summed E-state index contributed by atoms with van der Waals surface area (Å²) in [7, 11) is 15.0. The van der Waals surface area contributed by atoms with Gasteiger partial charge < -0.3 is 0 Å². The molecule has 0 aromatic heterocycles. The molecule has 0 spiro atoms. The molecule has 0 atom stereocenters. The Morgan fingerprint density at radius 2 is 1.61 bits per heavy atom. The first-order valence-corrected chi connectivity index (χ1v) is 10.7. The third-order valence-corrected chi connectivity index (χ3v) is 3.90. The van der Waals surface area contributed by atoms with E-state index < -0.39 is 13.5 Å². The van der Waals surface area contributed by atoms with Gasteiger partial charge >= 0.3 is 121 Å². The van der Waals surface area contributed by atoms with Gasteiger partial charge in [0, 0.05) is 0 Å². The van der Waals surface area contributed by atoms with Crippen molar-refractivity contribution < 1.29 is 27.7 Å². The van der Waals surface area contributed by atoms with Gasteiger partial charge in [-0.1, -0.05) is 0 Å². The number of hydrogen-bond acceptors (Lipinski definition) is 3. The second-order valence-electron chi connectivity index (χ2n) is 3.72. The molecule has 1 aromatic carbocycles. The molecule has 3 nitrogen and oxygen atoms in total. The van der Waals surface area contributed by atoms with E-state index >= 15 is 0 Å². The molecule has 0 heterocycles. The first-order valence-electron chi connectivity index (χ1n) is 5.23. The van der Waals surface area contributed by atoms with Crippen molar-refractivity contribution in [1.82, 2.24) is 0 Å². The van der Waals surface area contributed by atoms with Crippen LogP contribution >= 0.6 is 19.4 Å². The van der Waals surface area contributed by atoms with Crippen molar-refractivity contribution in [2.75, 3.05) is 14.2 Å². The molecule has 1 rings (SSSR count). The van der Waals surface area contributed by atoms with Gasteiger partial charge in [-0.2, -0.15) is 0 Å². The molecule has 0 aliphatic carbocycles. The Balaban J connectivity index is 3.31. The Bertz CT molecular complexity index is 443. The van der Waals surface area contributed by atoms with Crippen molar-refractivity contribution in [1.29, 1.82) is 0 Å². The molecule has 0 N–H and O–H groups in total. The molecule has 0 radical (unpaired) electrons. The second-order valence-corrected chi connectivity index (χ2v) is 9.44. The van der Waals surface area contributed by atoms with Crippen molar-refractivity contribution >= 4 is 24.0 Å². The molecule has 0 aliphatic rings. The molecule has 0 saturated carbocycles. The molecule has 0 unspecified atom stereocenters. The fourth-order valence-corrected chi connectivity index (χ4v) is 3.18. The topological polar surface area (TPSA) is 27.7 Å². The zero-order valence-corrected chi connectivity index (χ0v) is 13.9. The molecule has 0 saturated heterocycles. The van der Waals surface area contributed by atoms with E-state index in [-0.39, 0.29) is 6.10 Å². The van der Waals surface area contributed by atoms with E-state index in [4.69, 9.17) is 33.6 Å². The fourth-order valence-electron chi connectivity index (χ4n) is 1.39. The summed E-state index contributed by atoms with van der Waals surface area (Å²) in [5, 5.41) is 0. The van der Waals surface area contributed by atoms with Crippen LogP contribution in [-0.4, -0.2) is 24.9 Å². The summed E-state index contributed by atoms with van der Waals surface area (Å²) >= 11 is -1.92. The Labute approximate surface area is 120 Å². The number of methoxy groups -OCH3 is 2. The van der Waals surface area contributed by atoms with E-state index in [9.17, 15) is 0 Å². The van der Waals surface area contributed by atoms with Gasteiger partial charge in [0.1, 0.15) is 0 Å². The number of ether oxygens (including phenoxy) is 3. The maximum atomic E-state index is 5.92. The second kappa shape index (κ2) is 7.32. The van der Waals surface area contributed by atoms with Gasteiger partial charge in [0.25, 0.3) is 0 Å². The number of hydrogen-bond donors (Lipinski definition) is 0. The van der Waals surface area contributed by atoms with E-state index in [2.05, 4.69) is 0 Å². The molecule has 6 heteroatoms. The monoisotopic (exact) mass is 380 g/mol. The van der Waals surface area contributed by atoms with E-state index in [0.29, 0.717) is 17.2 Å². The Morgan fingerprint density at radius 1 is 1.06 bits per heavy atom. The molecule has 18 heavy (non-hydrogen) atoms. The van der Waals surface area contributed by atoms with Crippen molar-refractivity contribution in [3.63, 3.8) is 0 Å². The minimum atomic E-state index is -1.92. The van der Waals surface area contributed by atoms with Crippen molar-refractivity contribution in [2.24, 2.45) is 0 Å². The van der Waals surface area contributed by atoms with Crippen LogP contribution in [0.15, 0.2) is 12.1 Å². The van der Waals surface area contributed by atoms with Gasteiger partial charge in [-0.3, -0.25) is 0 Å². The average molecular weight is 380 g/mol. The Hall–Kier alpha value is -0.307. The van der Waals surface area contributed by atoms with E-state index in [1.54, 1.807) is 20.3 Å². The normalized spacial score (nSPS) is 11.2. The zero-order valence-electron chi connectivity index (χ0n) is 10.6. The van der Waals surface area contributed by atoms with Gasteiger partial charge in [0.15, 0.2) is 0 Å². The summed E-state index contributed by atoms with van der Waals surface area (Å²) in [4.78, 5) is 0. The van der Waals surface area contributed by atoms with Gasteiger partial charge in [0.2, 0.25) is 0 Å². The summed E-state index contributed by atoms with van der Waals surface area (Å²) in [6, 6.07) is 3.61. The summed E-state index contributed by atoms with van der Waals surface area (Å²) < 4.78 is 18.0. The van der Waals surface area contributed by atoms with Crippen molar-refractivity contribution in [3.8, 4) is 17.2 Å². The van der Waals surface area contributed by atoms with E-state index in [0.717, 1.165) is 5.56 Å². The van der Waals surface area contributed by atoms with Gasteiger partial charge in [-0.25, -0.2) is 0 Å². The fraction of sp³-hybridized carbons (Fsp3) is 0.417. The molecule has 0 aliphatic heterocycles. The molecule has 104 valence electrons. The first kappa shape index (κ1) is 15.7. The summed E-state index contributed by atoms with van der Waals surface area (Å²) in [6.45, 7) is 3.91. The Morgan fingerprint density at radius 3 is 2.06 bits per heavy atom. The molecular weight excluding hydrogens is 364 g/mol. The van der Waals surface area contributed by atoms with Crippen molar-refractivity contribution in [3.05, 3.63) is 17.7 Å². The third-order valence-electron chi connectivity index (χ3n) is 2.07. The van der Waals surface area contributed by atoms with Crippen LogP contribution in [0.25, 0.3) is 0 Å². The van der Waals surface area contributed by atoms with E-state index in [1.165, 1.54) is 0 Å². The van der Waals surface area contributed by atoms with Crippen LogP contribution in [-0.2, 0) is 13.5 Å². The Kier molecular flexibility index (Phi) is 6.41. The van der Waals surface area contributed by atoms with E-state index in [1.807, 2.05) is 24.5 Å². The zero-order chi connectivity index (χ0) is 13.7. The molecule has 0 fully saturated rings. The van der Waals surface area contributed by atoms with Crippen LogP contribution in [0.1, 0.15) is 19.4 Å². The van der Waals surface area contributed by atoms with Crippen LogP contribution in [0.5, 0.6) is 17.2 Å². The number of halogens is 2. The van der Waals surface area contributed by atoms with Crippen LogP contribution in [0, 0.1) is 0 Å². The third kappa shape index (κ3) is 4.42. The molecule has 0 amide bonds. The first-order chi connectivity index (χ1) is 8.47. The SMILES string of the molecule is COc1cc([CH]=[Ru]([Cl])[Cl])c(OC(C)C)cc1OC. The summed E-state index contributed by atoms with van der Waals surface area (Å²) in [5.41, 5.74) is 0.838. The minimum absolute atomic E-state index is 0.0570. The summed E-state index contributed by atoms with van der Waals surface area (Å²) in [5.74, 6) is 1.94. The van der Waals surface area contributed by atoms with Gasteiger partial charge in [0.05, 0.1) is 0 Å². The quantitative estimate of drug-likeness (QED) is 0.732. The standard InChI is InChI=1S/C12H16O3.2ClH.Ru/c1-8(2)15-10-7-12(14-5)11(13-4)6-9(10)3;;;/h3,6-8H,1-2,4-5H3;2*1H;/q;;;+2/p-2. The van der Waals surface area contributed by atoms with Crippen molar-refractivity contribution in [2.45, 2.75) is 20.0 Å². The van der Waals surface area contributed by atoms with Gasteiger partial charge in [-0.15, -0.1) is 0 Å². The average Bonchev–Trinajstić information content (AvgIpc) is 2.29. The molecule has 0 bridgehead atoms. The molecular formula is C12H16Cl2O3Ru. The maximum absolute atomic E-state index is 5.92. The number of benzene rings is 1. The van der Waals surface area contributed by atoms with Crippen LogP contribution in [0.2, 0.25) is 0 Å². The van der Waals surface area contributed by atoms with Crippen LogP contribution in [0.4, 0.5) is 0 Å².